The predicted molar refractivity (Wildman–Crippen MR) is 87.6 cm³/mol. The van der Waals surface area contributed by atoms with Crippen LogP contribution in [0.15, 0.2) is 30.5 Å². The second kappa shape index (κ2) is 6.63. The molecule has 0 amide bonds. The first-order valence-corrected chi connectivity index (χ1v) is 8.44. The van der Waals surface area contributed by atoms with Gasteiger partial charge in [0.1, 0.15) is 11.5 Å². The van der Waals surface area contributed by atoms with E-state index in [0.29, 0.717) is 18.2 Å². The number of halogens is 1. The molecule has 1 aromatic carbocycles. The van der Waals surface area contributed by atoms with Gasteiger partial charge in [-0.05, 0) is 25.5 Å². The molecule has 128 valence electrons. The van der Waals surface area contributed by atoms with Crippen molar-refractivity contribution in [1.29, 1.82) is 0 Å². The topological polar surface area (TPSA) is 48.3 Å². The Balaban J connectivity index is 1.35. The van der Waals surface area contributed by atoms with Gasteiger partial charge in [0.05, 0.1) is 31.1 Å². The highest BCUT2D eigenvalue weighted by Crippen LogP contribution is 2.31. The first-order chi connectivity index (χ1) is 11.7. The molecule has 2 aliphatic heterocycles. The molecule has 2 saturated heterocycles. The third kappa shape index (κ3) is 3.09. The third-order valence-electron chi connectivity index (χ3n) is 4.86. The van der Waals surface area contributed by atoms with E-state index in [4.69, 9.17) is 9.47 Å². The molecule has 2 fully saturated rings. The summed E-state index contributed by atoms with van der Waals surface area (Å²) in [6.45, 7) is 5.02. The van der Waals surface area contributed by atoms with E-state index in [1.807, 2.05) is 19.2 Å². The fraction of sp³-hybridized carbons (Fsp3) is 0.500. The zero-order valence-corrected chi connectivity index (χ0v) is 13.7. The number of rotatable bonds is 5. The SMILES string of the molecule is Cc1nn(-c2ccccc2F)cc1CNCC1C[C@@H]2COC[C@@H]2O1. The number of nitrogens with zero attached hydrogens (tertiary/aromatic N) is 2. The van der Waals surface area contributed by atoms with Crippen LogP contribution in [-0.4, -0.2) is 41.7 Å². The highest BCUT2D eigenvalue weighted by molar-refractivity contribution is 5.34. The van der Waals surface area contributed by atoms with Gasteiger partial charge in [0.2, 0.25) is 0 Å². The minimum Gasteiger partial charge on any atom is -0.378 e. The Hall–Kier alpha value is -1.76. The molecule has 2 aromatic rings. The van der Waals surface area contributed by atoms with Gasteiger partial charge in [-0.25, -0.2) is 9.07 Å². The van der Waals surface area contributed by atoms with E-state index in [9.17, 15) is 4.39 Å². The first-order valence-electron chi connectivity index (χ1n) is 8.44. The molecule has 0 radical (unpaired) electrons. The summed E-state index contributed by atoms with van der Waals surface area (Å²) >= 11 is 0. The third-order valence-corrected chi connectivity index (χ3v) is 4.86. The van der Waals surface area contributed by atoms with Crippen LogP contribution in [-0.2, 0) is 16.0 Å². The molecule has 0 aliphatic carbocycles. The summed E-state index contributed by atoms with van der Waals surface area (Å²) in [5.74, 6) is 0.287. The zero-order valence-electron chi connectivity index (χ0n) is 13.7. The molecule has 4 rings (SSSR count). The lowest BCUT2D eigenvalue weighted by atomic mass is 10.0. The lowest BCUT2D eigenvalue weighted by Crippen LogP contribution is -2.27. The number of hydrogen-bond donors (Lipinski definition) is 1. The van der Waals surface area contributed by atoms with Gasteiger partial charge in [-0.1, -0.05) is 12.1 Å². The van der Waals surface area contributed by atoms with E-state index in [2.05, 4.69) is 10.4 Å². The second-order valence-electron chi connectivity index (χ2n) is 6.60. The Morgan fingerprint density at radius 2 is 2.21 bits per heavy atom. The molecule has 1 aromatic heterocycles. The molecule has 24 heavy (non-hydrogen) atoms. The summed E-state index contributed by atoms with van der Waals surface area (Å²) in [5, 5.41) is 7.87. The van der Waals surface area contributed by atoms with Crippen LogP contribution in [0.2, 0.25) is 0 Å². The normalized spacial score (nSPS) is 26.0. The van der Waals surface area contributed by atoms with Gasteiger partial charge in [-0.15, -0.1) is 0 Å². The van der Waals surface area contributed by atoms with Crippen LogP contribution in [0.4, 0.5) is 4.39 Å². The van der Waals surface area contributed by atoms with Crippen molar-refractivity contribution in [2.45, 2.75) is 32.1 Å². The molecular formula is C18H22FN3O2. The average Bonchev–Trinajstić information content (AvgIpc) is 3.23. The van der Waals surface area contributed by atoms with Crippen LogP contribution in [0.25, 0.3) is 5.69 Å². The fourth-order valence-corrected chi connectivity index (χ4v) is 3.52. The van der Waals surface area contributed by atoms with Crippen molar-refractivity contribution in [3.63, 3.8) is 0 Å². The van der Waals surface area contributed by atoms with E-state index < -0.39 is 0 Å². The van der Waals surface area contributed by atoms with E-state index in [1.54, 1.807) is 16.8 Å². The smallest absolute Gasteiger partial charge is 0.148 e. The Morgan fingerprint density at radius 1 is 1.33 bits per heavy atom. The Morgan fingerprint density at radius 3 is 3.04 bits per heavy atom. The van der Waals surface area contributed by atoms with Crippen LogP contribution in [0.3, 0.4) is 0 Å². The van der Waals surface area contributed by atoms with Crippen LogP contribution < -0.4 is 5.32 Å². The second-order valence-corrected chi connectivity index (χ2v) is 6.60. The average molecular weight is 331 g/mol. The lowest BCUT2D eigenvalue weighted by Gasteiger charge is -2.13. The molecule has 0 bridgehead atoms. The Bertz CT molecular complexity index is 706. The van der Waals surface area contributed by atoms with Crippen molar-refractivity contribution in [3.8, 4) is 5.69 Å². The standard InChI is InChI=1S/C18H22FN3O2/c1-12-14(9-22(21-12)17-5-3-2-4-16(17)19)7-20-8-15-6-13-10-23-11-18(13)24-15/h2-5,9,13,15,18,20H,6-8,10-11H2,1H3/t13-,15?,18+/m1/s1. The maximum Gasteiger partial charge on any atom is 0.148 e. The number of aromatic nitrogens is 2. The minimum absolute atomic E-state index is 0.255. The number of benzene rings is 1. The molecule has 0 spiro atoms. The number of fused-ring (bicyclic) bond motifs is 1. The number of hydrogen-bond acceptors (Lipinski definition) is 4. The van der Waals surface area contributed by atoms with Crippen molar-refractivity contribution in [1.82, 2.24) is 15.1 Å². The molecule has 0 saturated carbocycles. The van der Waals surface area contributed by atoms with Crippen LogP contribution in [0.5, 0.6) is 0 Å². The van der Waals surface area contributed by atoms with Crippen LogP contribution in [0.1, 0.15) is 17.7 Å². The highest BCUT2D eigenvalue weighted by Gasteiger charge is 2.38. The first kappa shape index (κ1) is 15.7. The van der Waals surface area contributed by atoms with Crippen LogP contribution in [0, 0.1) is 18.7 Å². The van der Waals surface area contributed by atoms with Gasteiger partial charge >= 0.3 is 0 Å². The number of para-hydroxylation sites is 1. The predicted octanol–water partition coefficient (Wildman–Crippen LogP) is 2.21. The van der Waals surface area contributed by atoms with Crippen molar-refractivity contribution in [2.75, 3.05) is 19.8 Å². The molecule has 6 heteroatoms. The summed E-state index contributed by atoms with van der Waals surface area (Å²) < 4.78 is 26.9. The van der Waals surface area contributed by atoms with Gasteiger partial charge in [-0.3, -0.25) is 0 Å². The summed E-state index contributed by atoms with van der Waals surface area (Å²) in [4.78, 5) is 0. The highest BCUT2D eigenvalue weighted by atomic mass is 19.1. The van der Waals surface area contributed by atoms with Crippen molar-refractivity contribution < 1.29 is 13.9 Å². The van der Waals surface area contributed by atoms with Gasteiger partial charge < -0.3 is 14.8 Å². The number of ether oxygens (including phenoxy) is 2. The molecule has 1 N–H and O–H groups in total. The monoisotopic (exact) mass is 331 g/mol. The van der Waals surface area contributed by atoms with Gasteiger partial charge in [0, 0.05) is 30.8 Å². The summed E-state index contributed by atoms with van der Waals surface area (Å²) in [7, 11) is 0. The van der Waals surface area contributed by atoms with E-state index >= 15 is 0 Å². The molecular weight excluding hydrogens is 309 g/mol. The molecule has 3 atom stereocenters. The molecule has 5 nitrogen and oxygen atoms in total. The summed E-state index contributed by atoms with van der Waals surface area (Å²) in [6, 6.07) is 6.67. The number of aryl methyl sites for hydroxylation is 1. The number of nitrogens with one attached hydrogen (secondary N) is 1. The Kier molecular flexibility index (Phi) is 4.35. The summed E-state index contributed by atoms with van der Waals surface area (Å²) in [6.07, 6.45) is 3.48. The molecule has 2 aliphatic rings. The maximum absolute atomic E-state index is 13.9. The minimum atomic E-state index is -0.271. The van der Waals surface area contributed by atoms with E-state index in [0.717, 1.165) is 37.4 Å². The fourth-order valence-electron chi connectivity index (χ4n) is 3.52. The van der Waals surface area contributed by atoms with Crippen molar-refractivity contribution >= 4 is 0 Å². The van der Waals surface area contributed by atoms with Crippen molar-refractivity contribution in [2.24, 2.45) is 5.92 Å². The largest absolute Gasteiger partial charge is 0.378 e. The van der Waals surface area contributed by atoms with Gasteiger partial charge in [-0.2, -0.15) is 5.10 Å². The quantitative estimate of drug-likeness (QED) is 0.913. The molecule has 3 heterocycles. The zero-order chi connectivity index (χ0) is 16.5. The summed E-state index contributed by atoms with van der Waals surface area (Å²) in [5.41, 5.74) is 2.45. The maximum atomic E-state index is 13.9. The van der Waals surface area contributed by atoms with Gasteiger partial charge in [0.25, 0.3) is 0 Å². The van der Waals surface area contributed by atoms with E-state index in [-0.39, 0.29) is 18.0 Å². The van der Waals surface area contributed by atoms with Crippen molar-refractivity contribution in [3.05, 3.63) is 47.5 Å². The van der Waals surface area contributed by atoms with E-state index in [1.165, 1.54) is 6.07 Å². The molecule has 1 unspecified atom stereocenters. The lowest BCUT2D eigenvalue weighted by molar-refractivity contribution is 0.0203. The van der Waals surface area contributed by atoms with Gasteiger partial charge in [0.15, 0.2) is 0 Å². The Labute approximate surface area is 140 Å². The van der Waals surface area contributed by atoms with Crippen LogP contribution >= 0.6 is 0 Å².